The van der Waals surface area contributed by atoms with E-state index in [-0.39, 0.29) is 11.8 Å². The van der Waals surface area contributed by atoms with Crippen LogP contribution in [0.15, 0.2) is 40.2 Å². The lowest BCUT2D eigenvalue weighted by Crippen LogP contribution is -2.24. The second-order valence-corrected chi connectivity index (χ2v) is 7.13. The number of hydrogen-bond acceptors (Lipinski definition) is 5. The van der Waals surface area contributed by atoms with E-state index in [1.165, 1.54) is 0 Å². The molecule has 4 rings (SSSR count). The third kappa shape index (κ3) is 2.72. The average Bonchev–Trinajstić information content (AvgIpc) is 3.28. The average molecular weight is 360 g/mol. The zero-order valence-corrected chi connectivity index (χ0v) is 14.5. The number of aromatic nitrogens is 2. The number of hydrogen-bond donors (Lipinski definition) is 0. The van der Waals surface area contributed by atoms with Gasteiger partial charge >= 0.3 is 0 Å². The van der Waals surface area contributed by atoms with Crippen LogP contribution in [0.3, 0.4) is 0 Å². The maximum Gasteiger partial charge on any atom is 0.232 e. The van der Waals surface area contributed by atoms with E-state index in [1.807, 2.05) is 42.6 Å². The Morgan fingerprint density at radius 3 is 3.00 bits per heavy atom. The van der Waals surface area contributed by atoms with Gasteiger partial charge in [-0.2, -0.15) is 4.98 Å². The van der Waals surface area contributed by atoms with Gasteiger partial charge in [0.05, 0.1) is 10.8 Å². The number of anilines is 1. The molecule has 7 heteroatoms. The predicted molar refractivity (Wildman–Crippen MR) is 93.5 cm³/mol. The van der Waals surface area contributed by atoms with Crippen LogP contribution in [0.4, 0.5) is 5.69 Å². The van der Waals surface area contributed by atoms with Gasteiger partial charge in [-0.15, -0.1) is 11.3 Å². The van der Waals surface area contributed by atoms with Gasteiger partial charge in [0.2, 0.25) is 17.6 Å². The van der Waals surface area contributed by atoms with E-state index in [4.69, 9.17) is 16.1 Å². The van der Waals surface area contributed by atoms with Gasteiger partial charge in [-0.05, 0) is 36.1 Å². The molecule has 1 aliphatic rings. The third-order valence-electron chi connectivity index (χ3n) is 4.12. The second-order valence-electron chi connectivity index (χ2n) is 5.77. The zero-order chi connectivity index (χ0) is 16.7. The van der Waals surface area contributed by atoms with Crippen LogP contribution in [0.1, 0.15) is 23.8 Å². The Morgan fingerprint density at radius 2 is 2.25 bits per heavy atom. The molecule has 122 valence electrons. The summed E-state index contributed by atoms with van der Waals surface area (Å²) in [7, 11) is 0. The molecule has 1 amide bonds. The maximum atomic E-state index is 12.4. The molecule has 1 aromatic carbocycles. The molecule has 2 aromatic heterocycles. The Balaban J connectivity index is 1.56. The van der Waals surface area contributed by atoms with Crippen LogP contribution in [0.2, 0.25) is 5.02 Å². The van der Waals surface area contributed by atoms with Gasteiger partial charge in [-0.3, -0.25) is 4.79 Å². The molecule has 24 heavy (non-hydrogen) atoms. The van der Waals surface area contributed by atoms with E-state index in [0.29, 0.717) is 29.7 Å². The standard InChI is InChI=1S/C17H14ClN3O2S/c1-10-4-5-12(8-13(10)18)21-9-11(7-15(21)22)17-19-16(20-23-17)14-3-2-6-24-14/h2-6,8,11H,7,9H2,1H3/t11-/m1/s1. The summed E-state index contributed by atoms with van der Waals surface area (Å²) in [6, 6.07) is 9.53. The molecular formula is C17H14ClN3O2S. The maximum absolute atomic E-state index is 12.4. The number of rotatable bonds is 3. The summed E-state index contributed by atoms with van der Waals surface area (Å²) in [4.78, 5) is 19.5. The molecule has 5 nitrogen and oxygen atoms in total. The van der Waals surface area contributed by atoms with Crippen molar-refractivity contribution in [3.8, 4) is 10.7 Å². The summed E-state index contributed by atoms with van der Waals surface area (Å²) in [6.07, 6.45) is 0.359. The summed E-state index contributed by atoms with van der Waals surface area (Å²) in [5.41, 5.74) is 1.79. The lowest BCUT2D eigenvalue weighted by atomic mass is 10.1. The quantitative estimate of drug-likeness (QED) is 0.700. The molecule has 1 fully saturated rings. The fourth-order valence-corrected chi connectivity index (χ4v) is 3.60. The van der Waals surface area contributed by atoms with Crippen molar-refractivity contribution in [3.05, 3.63) is 52.2 Å². The smallest absolute Gasteiger partial charge is 0.232 e. The first-order valence-corrected chi connectivity index (χ1v) is 8.81. The zero-order valence-electron chi connectivity index (χ0n) is 12.9. The Bertz CT molecular complexity index is 891. The largest absolute Gasteiger partial charge is 0.339 e. The number of benzene rings is 1. The highest BCUT2D eigenvalue weighted by Gasteiger charge is 2.35. The molecule has 0 bridgehead atoms. The molecule has 1 atom stereocenters. The molecule has 0 radical (unpaired) electrons. The molecule has 0 saturated carbocycles. The van der Waals surface area contributed by atoms with Crippen molar-refractivity contribution >= 4 is 34.5 Å². The fraction of sp³-hybridized carbons (Fsp3) is 0.235. The lowest BCUT2D eigenvalue weighted by molar-refractivity contribution is -0.117. The van der Waals surface area contributed by atoms with Gasteiger partial charge in [0.15, 0.2) is 0 Å². The fourth-order valence-electron chi connectivity index (χ4n) is 2.78. The van der Waals surface area contributed by atoms with Crippen LogP contribution in [0, 0.1) is 6.92 Å². The molecule has 0 unspecified atom stereocenters. The Labute approximate surface area is 147 Å². The van der Waals surface area contributed by atoms with Gasteiger partial charge in [0.25, 0.3) is 0 Å². The number of amides is 1. The van der Waals surface area contributed by atoms with Crippen molar-refractivity contribution in [1.82, 2.24) is 10.1 Å². The first-order chi connectivity index (χ1) is 11.6. The normalized spacial score (nSPS) is 17.7. The number of aryl methyl sites for hydroxylation is 1. The highest BCUT2D eigenvalue weighted by atomic mass is 35.5. The number of carbonyl (C=O) groups is 1. The van der Waals surface area contributed by atoms with Crippen LogP contribution in [-0.4, -0.2) is 22.6 Å². The van der Waals surface area contributed by atoms with Gasteiger partial charge < -0.3 is 9.42 Å². The summed E-state index contributed by atoms with van der Waals surface area (Å²) < 4.78 is 5.39. The Kier molecular flexibility index (Phi) is 3.86. The molecule has 0 spiro atoms. The summed E-state index contributed by atoms with van der Waals surface area (Å²) in [6.45, 7) is 2.45. The van der Waals surface area contributed by atoms with E-state index in [0.717, 1.165) is 16.1 Å². The van der Waals surface area contributed by atoms with E-state index < -0.39 is 0 Å². The first-order valence-electron chi connectivity index (χ1n) is 7.56. The summed E-state index contributed by atoms with van der Waals surface area (Å²) in [5.74, 6) is 1.02. The minimum atomic E-state index is -0.0983. The molecule has 3 aromatic rings. The van der Waals surface area contributed by atoms with Crippen molar-refractivity contribution in [3.63, 3.8) is 0 Å². The predicted octanol–water partition coefficient (Wildman–Crippen LogP) is 4.28. The van der Waals surface area contributed by atoms with Crippen molar-refractivity contribution < 1.29 is 9.32 Å². The van der Waals surface area contributed by atoms with Crippen LogP contribution in [0.5, 0.6) is 0 Å². The molecule has 0 aliphatic carbocycles. The van der Waals surface area contributed by atoms with Crippen molar-refractivity contribution in [2.75, 3.05) is 11.4 Å². The second kappa shape index (κ2) is 6.03. The van der Waals surface area contributed by atoms with Gasteiger partial charge in [0, 0.05) is 23.7 Å². The van der Waals surface area contributed by atoms with Crippen LogP contribution in [-0.2, 0) is 4.79 Å². The van der Waals surface area contributed by atoms with Crippen molar-refractivity contribution in [2.24, 2.45) is 0 Å². The lowest BCUT2D eigenvalue weighted by Gasteiger charge is -2.17. The number of nitrogens with zero attached hydrogens (tertiary/aromatic N) is 3. The Hall–Kier alpha value is -2.18. The number of carbonyl (C=O) groups excluding carboxylic acids is 1. The highest BCUT2D eigenvalue weighted by Crippen LogP contribution is 2.33. The van der Waals surface area contributed by atoms with E-state index >= 15 is 0 Å². The number of thiophene rings is 1. The monoisotopic (exact) mass is 359 g/mol. The number of halogens is 1. The van der Waals surface area contributed by atoms with Crippen molar-refractivity contribution in [1.29, 1.82) is 0 Å². The van der Waals surface area contributed by atoms with Gasteiger partial charge in [-0.1, -0.05) is 28.9 Å². The van der Waals surface area contributed by atoms with Crippen LogP contribution < -0.4 is 4.90 Å². The van der Waals surface area contributed by atoms with Crippen LogP contribution >= 0.6 is 22.9 Å². The topological polar surface area (TPSA) is 59.2 Å². The SMILES string of the molecule is Cc1ccc(N2C[C@H](c3nc(-c4cccs4)no3)CC2=O)cc1Cl. The van der Waals surface area contributed by atoms with Crippen molar-refractivity contribution in [2.45, 2.75) is 19.3 Å². The van der Waals surface area contributed by atoms with Gasteiger partial charge in [-0.25, -0.2) is 0 Å². The van der Waals surface area contributed by atoms with Crippen LogP contribution in [0.25, 0.3) is 10.7 Å². The van der Waals surface area contributed by atoms with Gasteiger partial charge in [0.1, 0.15) is 0 Å². The third-order valence-corrected chi connectivity index (χ3v) is 5.40. The summed E-state index contributed by atoms with van der Waals surface area (Å²) in [5, 5.41) is 6.64. The first kappa shape index (κ1) is 15.4. The molecular weight excluding hydrogens is 346 g/mol. The van der Waals surface area contributed by atoms with E-state index in [2.05, 4.69) is 10.1 Å². The molecule has 3 heterocycles. The minimum absolute atomic E-state index is 0.0378. The highest BCUT2D eigenvalue weighted by molar-refractivity contribution is 7.13. The Morgan fingerprint density at radius 1 is 1.38 bits per heavy atom. The van der Waals surface area contributed by atoms with E-state index in [1.54, 1.807) is 16.2 Å². The molecule has 1 aliphatic heterocycles. The molecule has 1 saturated heterocycles. The minimum Gasteiger partial charge on any atom is -0.339 e. The van der Waals surface area contributed by atoms with E-state index in [9.17, 15) is 4.79 Å². The summed E-state index contributed by atoms with van der Waals surface area (Å²) >= 11 is 7.73. The molecule has 0 N–H and O–H groups in total.